The van der Waals surface area contributed by atoms with Crippen LogP contribution in [0.1, 0.15) is 115 Å². The first kappa shape index (κ1) is 49.4. The quantitative estimate of drug-likeness (QED) is 0.0668. The highest BCUT2D eigenvalue weighted by atomic mass is 32.2. The number of anilines is 2. The summed E-state index contributed by atoms with van der Waals surface area (Å²) in [5, 5.41) is 7.56. The van der Waals surface area contributed by atoms with E-state index in [1.165, 1.54) is 106 Å². The van der Waals surface area contributed by atoms with Gasteiger partial charge in [-0.25, -0.2) is 0 Å². The molecule has 0 atom stereocenters. The minimum absolute atomic E-state index is 0.256. The largest absolute Gasteiger partial charge is 0.344 e. The number of likely N-dealkylation sites (N-methyl/N-ethyl adjacent to an activating group) is 1. The Hall–Kier alpha value is -6.80. The number of allylic oxidation sites excluding steroid dienone is 10. The zero-order valence-corrected chi connectivity index (χ0v) is 45.3. The summed E-state index contributed by atoms with van der Waals surface area (Å²) in [6.07, 6.45) is 16.5. The molecule has 376 valence electrons. The Bertz CT molecular complexity index is 3750. The zero-order chi connectivity index (χ0) is 51.7. The minimum atomic E-state index is -4.07. The predicted octanol–water partition coefficient (Wildman–Crippen LogP) is 16.2. The molecule has 0 saturated heterocycles. The van der Waals surface area contributed by atoms with Crippen molar-refractivity contribution in [3.8, 4) is 0 Å². The lowest BCUT2D eigenvalue weighted by Gasteiger charge is -2.28. The van der Waals surface area contributed by atoms with Crippen molar-refractivity contribution in [3.05, 3.63) is 209 Å². The van der Waals surface area contributed by atoms with Crippen LogP contribution in [-0.4, -0.2) is 48.6 Å². The van der Waals surface area contributed by atoms with Gasteiger partial charge in [0.25, 0.3) is 10.1 Å². The van der Waals surface area contributed by atoms with E-state index in [0.29, 0.717) is 19.4 Å². The fourth-order valence-corrected chi connectivity index (χ4v) is 13.9. The highest BCUT2D eigenvalue weighted by Gasteiger charge is 2.47. The number of rotatable bonds is 14. The highest BCUT2D eigenvalue weighted by molar-refractivity contribution is 7.85. The first-order valence-corrected chi connectivity index (χ1v) is 28.6. The monoisotopic (exact) mass is 997 g/mol. The molecule has 0 radical (unpaired) electrons. The summed E-state index contributed by atoms with van der Waals surface area (Å²) >= 11 is 0. The van der Waals surface area contributed by atoms with Gasteiger partial charge in [0.1, 0.15) is 6.54 Å². The van der Waals surface area contributed by atoms with E-state index in [-0.39, 0.29) is 22.0 Å². The number of nitrogens with zero attached hydrogens (tertiary/aromatic N) is 3. The maximum Gasteiger partial charge on any atom is 0.264 e. The molecule has 4 aliphatic rings. The van der Waals surface area contributed by atoms with Gasteiger partial charge in [-0.05, 0) is 148 Å². The van der Waals surface area contributed by atoms with Crippen molar-refractivity contribution in [3.63, 3.8) is 0 Å². The van der Waals surface area contributed by atoms with E-state index < -0.39 is 10.1 Å². The molecule has 7 heteroatoms. The van der Waals surface area contributed by atoms with E-state index in [0.717, 1.165) is 37.3 Å². The first-order valence-electron chi connectivity index (χ1n) is 26.9. The van der Waals surface area contributed by atoms with Crippen LogP contribution in [0.15, 0.2) is 181 Å². The number of unbranched alkanes of at least 4 members (excludes halogenated alkanes) is 3. The van der Waals surface area contributed by atoms with Gasteiger partial charge in [0.2, 0.25) is 5.69 Å². The maximum atomic E-state index is 11.9. The summed E-state index contributed by atoms with van der Waals surface area (Å²) < 4.78 is 36.1. The van der Waals surface area contributed by atoms with Crippen LogP contribution < -0.4 is 9.80 Å². The Morgan fingerprint density at radius 3 is 1.70 bits per heavy atom. The Kier molecular flexibility index (Phi) is 12.6. The summed E-state index contributed by atoms with van der Waals surface area (Å²) in [4.78, 5) is 4.94. The SMILES string of the molecule is CCCCC[N+]1=C(/C=C/C2=C(/C=C3/N(CC)c4ccc5ccccc5c4C3(C)C)C(=C/C=C3/N(CCCCS(=O)(=O)O)c4ccc5ccccc5c4C3(C)C)/c3ccccc32)C(C)(C)c2c1ccc1ccccc21. The standard InChI is InChI=1S/C67H69N3O3S/c1-9-11-20-41-69-57-37-32-46-24-13-16-27-49(46)63(57)65(3,4)59(69)39-34-53-51-29-18-19-30-52(51)54(55(53)44-61-67(7,8)62-48-26-15-12-23-45(48)31-36-56(62)68(61)10-2)35-40-60-66(5,6)64-50-28-17-14-25-47(50)33-38-58(64)70(60)42-21-22-43-74(71,72)73/h12-19,23-40,44H,9-11,20-22,41-43H2,1-8H3/p+1. The third kappa shape index (κ3) is 8.18. The molecule has 1 N–H and O–H groups in total. The van der Waals surface area contributed by atoms with E-state index in [2.05, 4.69) is 234 Å². The van der Waals surface area contributed by atoms with Crippen LogP contribution in [0.2, 0.25) is 0 Å². The van der Waals surface area contributed by atoms with E-state index in [9.17, 15) is 13.0 Å². The Morgan fingerprint density at radius 2 is 1.09 bits per heavy atom. The topological polar surface area (TPSA) is 63.9 Å². The van der Waals surface area contributed by atoms with Crippen molar-refractivity contribution in [2.24, 2.45) is 0 Å². The van der Waals surface area contributed by atoms with Crippen molar-refractivity contribution in [2.45, 2.75) is 104 Å². The fraction of sp³-hybridized carbons (Fsp3) is 0.299. The Labute approximate surface area is 439 Å². The third-order valence-electron chi connectivity index (χ3n) is 16.8. The van der Waals surface area contributed by atoms with Gasteiger partial charge < -0.3 is 9.80 Å². The van der Waals surface area contributed by atoms with Gasteiger partial charge in [0, 0.05) is 70.8 Å². The van der Waals surface area contributed by atoms with Gasteiger partial charge >= 0.3 is 0 Å². The summed E-state index contributed by atoms with van der Waals surface area (Å²) in [7, 11) is -4.07. The molecular formula is C67H70N3O3S+. The van der Waals surface area contributed by atoms with Crippen LogP contribution in [0.4, 0.5) is 17.1 Å². The van der Waals surface area contributed by atoms with E-state index in [1.807, 2.05) is 0 Å². The highest BCUT2D eigenvalue weighted by Crippen LogP contribution is 2.55. The average molecular weight is 997 g/mol. The van der Waals surface area contributed by atoms with E-state index >= 15 is 0 Å². The molecule has 11 rings (SSSR count). The second kappa shape index (κ2) is 18.8. The van der Waals surface area contributed by atoms with Crippen LogP contribution >= 0.6 is 0 Å². The molecular weight excluding hydrogens is 927 g/mol. The van der Waals surface area contributed by atoms with Gasteiger partial charge in [-0.15, -0.1) is 0 Å². The van der Waals surface area contributed by atoms with Gasteiger partial charge in [0.15, 0.2) is 5.71 Å². The molecule has 0 bridgehead atoms. The lowest BCUT2D eigenvalue weighted by atomic mass is 9.78. The summed E-state index contributed by atoms with van der Waals surface area (Å²) in [6, 6.07) is 49.0. The molecule has 3 aliphatic heterocycles. The second-order valence-corrected chi connectivity index (χ2v) is 24.0. The molecule has 1 aliphatic carbocycles. The van der Waals surface area contributed by atoms with Gasteiger partial charge in [0.05, 0.1) is 11.2 Å². The fourth-order valence-electron chi connectivity index (χ4n) is 13.3. The number of hydrogen-bond donors (Lipinski definition) is 1. The number of fused-ring (bicyclic) bond motifs is 10. The number of hydrogen-bond acceptors (Lipinski definition) is 4. The first-order chi connectivity index (χ1) is 35.6. The molecule has 0 spiro atoms. The molecule has 6 nitrogen and oxygen atoms in total. The van der Waals surface area contributed by atoms with Crippen molar-refractivity contribution in [2.75, 3.05) is 35.2 Å². The summed E-state index contributed by atoms with van der Waals surface area (Å²) in [5.41, 5.74) is 16.5. The summed E-state index contributed by atoms with van der Waals surface area (Å²) in [6.45, 7) is 21.2. The van der Waals surface area contributed by atoms with Crippen LogP contribution in [-0.2, 0) is 26.4 Å². The minimum Gasteiger partial charge on any atom is -0.344 e. The van der Waals surface area contributed by atoms with Gasteiger partial charge in [-0.1, -0.05) is 156 Å². The smallest absolute Gasteiger partial charge is 0.264 e. The van der Waals surface area contributed by atoms with Crippen LogP contribution in [0.3, 0.4) is 0 Å². The Balaban J connectivity index is 1.13. The van der Waals surface area contributed by atoms with Crippen LogP contribution in [0.25, 0.3) is 43.5 Å². The summed E-state index contributed by atoms with van der Waals surface area (Å²) in [5.74, 6) is -0.256. The number of benzene rings is 7. The second-order valence-electron chi connectivity index (χ2n) is 22.4. The lowest BCUT2D eigenvalue weighted by Crippen LogP contribution is -2.28. The van der Waals surface area contributed by atoms with E-state index in [1.54, 1.807) is 0 Å². The maximum absolute atomic E-state index is 11.9. The van der Waals surface area contributed by atoms with E-state index in [4.69, 9.17) is 0 Å². The molecule has 74 heavy (non-hydrogen) atoms. The molecule has 0 unspecified atom stereocenters. The van der Waals surface area contributed by atoms with Crippen molar-refractivity contribution in [1.29, 1.82) is 0 Å². The van der Waals surface area contributed by atoms with Gasteiger partial charge in [-0.3, -0.25) is 4.55 Å². The molecule has 0 saturated carbocycles. The molecule has 7 aromatic rings. The van der Waals surface area contributed by atoms with Crippen molar-refractivity contribution in [1.82, 2.24) is 0 Å². The lowest BCUT2D eigenvalue weighted by molar-refractivity contribution is -0.438. The predicted molar refractivity (Wildman–Crippen MR) is 313 cm³/mol. The molecule has 7 aromatic carbocycles. The third-order valence-corrected chi connectivity index (χ3v) is 17.6. The van der Waals surface area contributed by atoms with Crippen LogP contribution in [0.5, 0.6) is 0 Å². The zero-order valence-electron chi connectivity index (χ0n) is 44.5. The van der Waals surface area contributed by atoms with Crippen molar-refractivity contribution >= 4 is 76.4 Å². The molecule has 3 heterocycles. The Morgan fingerprint density at radius 1 is 0.541 bits per heavy atom. The van der Waals surface area contributed by atoms with Crippen molar-refractivity contribution < 1.29 is 17.5 Å². The van der Waals surface area contributed by atoms with Gasteiger partial charge in [-0.2, -0.15) is 13.0 Å². The molecule has 0 aromatic heterocycles. The normalized spacial score (nSPS) is 19.1. The average Bonchev–Trinajstić information content (AvgIpc) is 3.99. The molecule has 0 fully saturated rings. The van der Waals surface area contributed by atoms with Crippen LogP contribution in [0, 0.1) is 0 Å². The molecule has 0 amide bonds.